The third-order valence-electron chi connectivity index (χ3n) is 4.70. The van der Waals surface area contributed by atoms with Crippen LogP contribution in [0.5, 0.6) is 0 Å². The van der Waals surface area contributed by atoms with Gasteiger partial charge in [-0.2, -0.15) is 0 Å². The summed E-state index contributed by atoms with van der Waals surface area (Å²) in [7, 11) is 2.09. The Kier molecular flexibility index (Phi) is 5.46. The van der Waals surface area contributed by atoms with E-state index in [-0.39, 0.29) is 5.60 Å². The third-order valence-corrected chi connectivity index (χ3v) is 4.70. The van der Waals surface area contributed by atoms with Crippen molar-refractivity contribution in [2.24, 2.45) is 5.92 Å². The van der Waals surface area contributed by atoms with Crippen LogP contribution in [0.3, 0.4) is 0 Å². The lowest BCUT2D eigenvalue weighted by molar-refractivity contribution is -0.0887. The van der Waals surface area contributed by atoms with E-state index < -0.39 is 0 Å². The summed E-state index contributed by atoms with van der Waals surface area (Å²) in [4.78, 5) is 0. The van der Waals surface area contributed by atoms with Crippen LogP contribution in [0.1, 0.15) is 51.9 Å². The zero-order valence-electron chi connectivity index (χ0n) is 12.0. The topological polar surface area (TPSA) is 30.5 Å². The normalized spacial score (nSPS) is 30.0. The summed E-state index contributed by atoms with van der Waals surface area (Å²) in [6.07, 6.45) is 8.96. The van der Waals surface area contributed by atoms with Gasteiger partial charge >= 0.3 is 0 Å². The Bertz CT molecular complexity index is 231. The monoisotopic (exact) mass is 255 g/mol. The summed E-state index contributed by atoms with van der Waals surface area (Å²) in [6.45, 7) is 4.78. The number of likely N-dealkylation sites (N-methyl/N-ethyl adjacent to an activating group) is 1. The van der Waals surface area contributed by atoms with Gasteiger partial charge in [0.1, 0.15) is 0 Å². The second kappa shape index (κ2) is 6.88. The van der Waals surface area contributed by atoms with Crippen molar-refractivity contribution in [1.29, 1.82) is 0 Å². The molecule has 1 N–H and O–H groups in total. The summed E-state index contributed by atoms with van der Waals surface area (Å²) >= 11 is 0. The van der Waals surface area contributed by atoms with Crippen molar-refractivity contribution in [2.45, 2.75) is 63.5 Å². The average molecular weight is 255 g/mol. The van der Waals surface area contributed by atoms with Crippen LogP contribution < -0.4 is 5.32 Å². The van der Waals surface area contributed by atoms with E-state index in [0.717, 1.165) is 19.8 Å². The predicted octanol–water partition coefficient (Wildman–Crippen LogP) is 2.74. The molecule has 2 aliphatic rings. The largest absolute Gasteiger partial charge is 0.381 e. The lowest BCUT2D eigenvalue weighted by Gasteiger charge is -2.42. The molecule has 0 aromatic carbocycles. The van der Waals surface area contributed by atoms with E-state index in [1.165, 1.54) is 44.9 Å². The molecule has 1 aliphatic carbocycles. The molecule has 106 valence electrons. The summed E-state index contributed by atoms with van der Waals surface area (Å²) in [6, 6.07) is 0.457. The second-order valence-electron chi connectivity index (χ2n) is 5.80. The van der Waals surface area contributed by atoms with Gasteiger partial charge in [-0.15, -0.1) is 0 Å². The molecule has 1 heterocycles. The smallest absolute Gasteiger partial charge is 0.0838 e. The van der Waals surface area contributed by atoms with Gasteiger partial charge in [0, 0.05) is 25.2 Å². The molecule has 0 bridgehead atoms. The van der Waals surface area contributed by atoms with Crippen LogP contribution in [-0.2, 0) is 9.47 Å². The molecule has 3 nitrogen and oxygen atoms in total. The number of ether oxygens (including phenoxy) is 2. The first-order chi connectivity index (χ1) is 8.82. The van der Waals surface area contributed by atoms with Crippen LogP contribution >= 0.6 is 0 Å². The highest BCUT2D eigenvalue weighted by molar-refractivity contribution is 4.98. The average Bonchev–Trinajstić information content (AvgIpc) is 2.78. The van der Waals surface area contributed by atoms with Crippen molar-refractivity contribution >= 4 is 0 Å². The molecule has 0 radical (unpaired) electrons. The van der Waals surface area contributed by atoms with Gasteiger partial charge in [0.2, 0.25) is 0 Å². The van der Waals surface area contributed by atoms with Crippen LogP contribution in [-0.4, -0.2) is 38.5 Å². The fourth-order valence-electron chi connectivity index (χ4n) is 3.90. The molecular formula is C15H29NO2. The molecule has 0 amide bonds. The van der Waals surface area contributed by atoms with Crippen LogP contribution in [0.15, 0.2) is 0 Å². The van der Waals surface area contributed by atoms with Gasteiger partial charge in [-0.05, 0) is 33.2 Å². The van der Waals surface area contributed by atoms with Crippen LogP contribution in [0.4, 0.5) is 0 Å². The van der Waals surface area contributed by atoms with Crippen molar-refractivity contribution < 1.29 is 9.47 Å². The standard InChI is InChI=1S/C15H29NO2/c1-3-18-15(9-6-4-5-7-10-15)14(16-2)13-8-11-17-12-13/h13-14,16H,3-12H2,1-2H3. The molecule has 18 heavy (non-hydrogen) atoms. The molecule has 2 unspecified atom stereocenters. The fourth-order valence-corrected chi connectivity index (χ4v) is 3.90. The predicted molar refractivity (Wildman–Crippen MR) is 73.8 cm³/mol. The lowest BCUT2D eigenvalue weighted by Crippen LogP contribution is -2.55. The summed E-state index contributed by atoms with van der Waals surface area (Å²) in [5.41, 5.74) is 0.0539. The van der Waals surface area contributed by atoms with Gasteiger partial charge in [0.15, 0.2) is 0 Å². The van der Waals surface area contributed by atoms with E-state index in [2.05, 4.69) is 19.3 Å². The van der Waals surface area contributed by atoms with Crippen molar-refractivity contribution in [3.05, 3.63) is 0 Å². The van der Waals surface area contributed by atoms with E-state index in [9.17, 15) is 0 Å². The van der Waals surface area contributed by atoms with E-state index in [1.807, 2.05) is 0 Å². The molecule has 0 aromatic rings. The highest BCUT2D eigenvalue weighted by atomic mass is 16.5. The minimum Gasteiger partial charge on any atom is -0.381 e. The summed E-state index contributed by atoms with van der Waals surface area (Å²) in [5, 5.41) is 3.56. The maximum Gasteiger partial charge on any atom is 0.0838 e. The van der Waals surface area contributed by atoms with Crippen LogP contribution in [0, 0.1) is 5.92 Å². The molecule has 0 aromatic heterocycles. The van der Waals surface area contributed by atoms with E-state index >= 15 is 0 Å². The Morgan fingerprint density at radius 3 is 2.50 bits per heavy atom. The van der Waals surface area contributed by atoms with Crippen molar-refractivity contribution in [3.8, 4) is 0 Å². The Hall–Kier alpha value is -0.120. The van der Waals surface area contributed by atoms with Crippen molar-refractivity contribution in [3.63, 3.8) is 0 Å². The molecule has 2 rings (SSSR count). The molecule has 2 atom stereocenters. The van der Waals surface area contributed by atoms with E-state index in [1.54, 1.807) is 0 Å². The Morgan fingerprint density at radius 2 is 2.00 bits per heavy atom. The second-order valence-corrected chi connectivity index (χ2v) is 5.80. The first kappa shape index (κ1) is 14.3. The zero-order valence-corrected chi connectivity index (χ0v) is 12.0. The first-order valence-electron chi connectivity index (χ1n) is 7.71. The highest BCUT2D eigenvalue weighted by Gasteiger charge is 2.43. The SMILES string of the molecule is CCOC1(C(NC)C2CCOC2)CCCCCC1. The van der Waals surface area contributed by atoms with Gasteiger partial charge in [-0.25, -0.2) is 0 Å². The molecule has 0 spiro atoms. The van der Waals surface area contributed by atoms with Gasteiger partial charge in [-0.1, -0.05) is 25.7 Å². The minimum absolute atomic E-state index is 0.0539. The summed E-state index contributed by atoms with van der Waals surface area (Å²) < 4.78 is 11.9. The highest BCUT2D eigenvalue weighted by Crippen LogP contribution is 2.38. The number of nitrogens with one attached hydrogen (secondary N) is 1. The molecule has 1 saturated carbocycles. The first-order valence-corrected chi connectivity index (χ1v) is 7.71. The van der Waals surface area contributed by atoms with Crippen LogP contribution in [0.25, 0.3) is 0 Å². The van der Waals surface area contributed by atoms with E-state index in [0.29, 0.717) is 12.0 Å². The Labute approximate surface area is 112 Å². The maximum absolute atomic E-state index is 6.30. The van der Waals surface area contributed by atoms with Crippen molar-refractivity contribution in [1.82, 2.24) is 5.32 Å². The van der Waals surface area contributed by atoms with Gasteiger partial charge in [0.25, 0.3) is 0 Å². The van der Waals surface area contributed by atoms with Gasteiger partial charge in [0.05, 0.1) is 12.2 Å². The minimum atomic E-state index is 0.0539. The fraction of sp³-hybridized carbons (Fsp3) is 1.00. The number of hydrogen-bond acceptors (Lipinski definition) is 3. The van der Waals surface area contributed by atoms with Crippen molar-refractivity contribution in [2.75, 3.05) is 26.9 Å². The maximum atomic E-state index is 6.30. The van der Waals surface area contributed by atoms with Gasteiger partial charge < -0.3 is 14.8 Å². The molecular weight excluding hydrogens is 226 g/mol. The zero-order chi connectivity index (χ0) is 12.8. The van der Waals surface area contributed by atoms with E-state index in [4.69, 9.17) is 9.47 Å². The number of rotatable bonds is 5. The molecule has 1 aliphatic heterocycles. The molecule has 3 heteroatoms. The Balaban J connectivity index is 2.13. The third kappa shape index (κ3) is 3.06. The van der Waals surface area contributed by atoms with Crippen LogP contribution in [0.2, 0.25) is 0 Å². The number of hydrogen-bond donors (Lipinski definition) is 1. The molecule has 1 saturated heterocycles. The van der Waals surface area contributed by atoms with Gasteiger partial charge in [-0.3, -0.25) is 0 Å². The quantitative estimate of drug-likeness (QED) is 0.766. The summed E-state index contributed by atoms with van der Waals surface area (Å²) in [5.74, 6) is 0.625. The Morgan fingerprint density at radius 1 is 1.28 bits per heavy atom. The lowest BCUT2D eigenvalue weighted by atomic mass is 9.78. The molecule has 2 fully saturated rings.